The van der Waals surface area contributed by atoms with E-state index in [1.165, 1.54) is 42.5 Å². The molecule has 0 saturated carbocycles. The summed E-state index contributed by atoms with van der Waals surface area (Å²) in [5.41, 5.74) is 6.04. The van der Waals surface area contributed by atoms with Gasteiger partial charge in [-0.15, -0.1) is 0 Å². The second-order valence-electron chi connectivity index (χ2n) is 9.45. The van der Waals surface area contributed by atoms with Crippen LogP contribution in [0.3, 0.4) is 0 Å². The summed E-state index contributed by atoms with van der Waals surface area (Å²) in [6.07, 6.45) is -3.72. The lowest BCUT2D eigenvalue weighted by Gasteiger charge is -2.56. The zero-order chi connectivity index (χ0) is 27.4. The summed E-state index contributed by atoms with van der Waals surface area (Å²) < 4.78 is 20.0. The van der Waals surface area contributed by atoms with Crippen LogP contribution in [0.1, 0.15) is 20.7 Å². The number of ether oxygens (including phenoxy) is 1. The third-order valence-corrected chi connectivity index (χ3v) is 7.31. The lowest BCUT2D eigenvalue weighted by atomic mass is 9.77. The van der Waals surface area contributed by atoms with Crippen LogP contribution in [0, 0.1) is 11.2 Å². The lowest BCUT2D eigenvalue weighted by Crippen LogP contribution is -2.66. The van der Waals surface area contributed by atoms with Crippen LogP contribution in [-0.2, 0) is 4.74 Å². The quantitative estimate of drug-likeness (QED) is 0.339. The van der Waals surface area contributed by atoms with Crippen molar-refractivity contribution in [3.8, 4) is 11.1 Å². The molecule has 2 aliphatic rings. The van der Waals surface area contributed by atoms with Crippen LogP contribution in [-0.4, -0.2) is 59.5 Å². The topological polar surface area (TPSA) is 137 Å². The van der Waals surface area contributed by atoms with Gasteiger partial charge < -0.3 is 30.7 Å². The van der Waals surface area contributed by atoms with Crippen LogP contribution in [0.2, 0.25) is 10.0 Å². The number of amides is 2. The molecule has 198 valence electrons. The molecule has 38 heavy (non-hydrogen) atoms. The van der Waals surface area contributed by atoms with Crippen LogP contribution in [0.25, 0.3) is 11.1 Å². The van der Waals surface area contributed by atoms with Crippen molar-refractivity contribution in [1.29, 1.82) is 0 Å². The number of carbonyl (C=O) groups excluding carboxylic acids is 2. The maximum atomic E-state index is 14.6. The van der Waals surface area contributed by atoms with Crippen molar-refractivity contribution in [2.75, 3.05) is 36.1 Å². The average molecular weight is 562 g/mol. The molecule has 9 nitrogen and oxygen atoms in total. The fourth-order valence-corrected chi connectivity index (χ4v) is 5.23. The first-order chi connectivity index (χ1) is 17.9. The molecule has 0 radical (unpaired) electrons. The molecule has 12 heteroatoms. The van der Waals surface area contributed by atoms with Crippen LogP contribution in [0.5, 0.6) is 0 Å². The molecule has 5 N–H and O–H groups in total. The minimum Gasteiger partial charge on any atom is -0.380 e. The van der Waals surface area contributed by atoms with Crippen molar-refractivity contribution < 1.29 is 34.0 Å². The second kappa shape index (κ2) is 9.49. The van der Waals surface area contributed by atoms with Gasteiger partial charge in [0.15, 0.2) is 0 Å². The minimum absolute atomic E-state index is 0.0881. The van der Waals surface area contributed by atoms with E-state index in [9.17, 15) is 29.3 Å². The summed E-state index contributed by atoms with van der Waals surface area (Å²) in [7, 11) is 0. The monoisotopic (exact) mass is 561 g/mol. The molecule has 5 rings (SSSR count). The van der Waals surface area contributed by atoms with Crippen LogP contribution in [0.15, 0.2) is 54.6 Å². The number of carbonyl (C=O) groups is 2. The smallest absolute Gasteiger partial charge is 0.376 e. The predicted molar refractivity (Wildman–Crippen MR) is 138 cm³/mol. The molecule has 2 saturated heterocycles. The number of halogens is 3. The fraction of sp³-hybridized carbons (Fsp3) is 0.231. The molecular weight excluding hydrogens is 540 g/mol. The van der Waals surface area contributed by atoms with Gasteiger partial charge in [0.2, 0.25) is 5.91 Å². The average Bonchev–Trinajstić information content (AvgIpc) is 2.77. The van der Waals surface area contributed by atoms with Gasteiger partial charge in [0.1, 0.15) is 5.82 Å². The van der Waals surface area contributed by atoms with E-state index in [4.69, 9.17) is 33.7 Å². The van der Waals surface area contributed by atoms with Crippen molar-refractivity contribution in [3.63, 3.8) is 0 Å². The Kier molecular flexibility index (Phi) is 6.59. The first kappa shape index (κ1) is 26.4. The van der Waals surface area contributed by atoms with E-state index >= 15 is 0 Å². The third kappa shape index (κ3) is 4.60. The van der Waals surface area contributed by atoms with E-state index in [2.05, 4.69) is 0 Å². The molecule has 0 unspecified atom stereocenters. The fourth-order valence-electron chi connectivity index (χ4n) is 4.76. The molecule has 0 bridgehead atoms. The number of benzene rings is 3. The highest BCUT2D eigenvalue weighted by Crippen LogP contribution is 2.46. The van der Waals surface area contributed by atoms with Crippen LogP contribution >= 0.6 is 23.2 Å². The summed E-state index contributed by atoms with van der Waals surface area (Å²) in [5.74, 6) is -2.95. The molecule has 3 aromatic carbocycles. The SMILES string of the molecule is NC(=O)c1ccc(Cl)c(-c2ccc(N(C(=O)c3c(F)cccc3Cl)C(O)(O)O)c(N3CC4(COC4)C3)c2)c1. The highest BCUT2D eigenvalue weighted by Gasteiger charge is 2.50. The Labute approximate surface area is 226 Å². The van der Waals surface area contributed by atoms with Gasteiger partial charge in [-0.05, 0) is 48.0 Å². The van der Waals surface area contributed by atoms with Gasteiger partial charge in [-0.2, -0.15) is 0 Å². The largest absolute Gasteiger partial charge is 0.380 e. The first-order valence-corrected chi connectivity index (χ1v) is 12.2. The number of hydrogen-bond acceptors (Lipinski definition) is 7. The van der Waals surface area contributed by atoms with E-state index in [1.807, 2.05) is 4.90 Å². The number of primary amides is 1. The molecule has 0 atom stereocenters. The van der Waals surface area contributed by atoms with Gasteiger partial charge in [0, 0.05) is 29.2 Å². The molecule has 3 aromatic rings. The number of nitrogens with two attached hydrogens (primary N) is 1. The van der Waals surface area contributed by atoms with Crippen LogP contribution < -0.4 is 15.5 Å². The normalized spacial score (nSPS) is 16.1. The summed E-state index contributed by atoms with van der Waals surface area (Å²) in [5, 5.41) is 30.8. The molecule has 2 heterocycles. The molecular formula is C26H22Cl2FN3O6. The number of hydrogen-bond donors (Lipinski definition) is 4. The number of aliphatic hydroxyl groups is 3. The summed E-state index contributed by atoms with van der Waals surface area (Å²) in [6, 6.07) is 12.5. The Morgan fingerprint density at radius 1 is 1.03 bits per heavy atom. The molecule has 1 spiro atoms. The van der Waals surface area contributed by atoms with Crippen molar-refractivity contribution >= 4 is 46.4 Å². The van der Waals surface area contributed by atoms with Gasteiger partial charge in [-0.1, -0.05) is 35.3 Å². The molecule has 2 fully saturated rings. The Morgan fingerprint density at radius 3 is 2.32 bits per heavy atom. The maximum Gasteiger partial charge on any atom is 0.376 e. The molecule has 2 amide bonds. The Bertz CT molecular complexity index is 1430. The Morgan fingerprint density at radius 2 is 1.74 bits per heavy atom. The van der Waals surface area contributed by atoms with E-state index in [0.717, 1.165) is 6.07 Å². The summed E-state index contributed by atoms with van der Waals surface area (Å²) in [6.45, 7) is 2.11. The van der Waals surface area contributed by atoms with Crippen LogP contribution in [0.4, 0.5) is 15.8 Å². The van der Waals surface area contributed by atoms with Crippen molar-refractivity contribution in [3.05, 3.63) is 81.6 Å². The van der Waals surface area contributed by atoms with Crippen molar-refractivity contribution in [1.82, 2.24) is 0 Å². The van der Waals surface area contributed by atoms with E-state index in [0.29, 0.717) is 48.1 Å². The van der Waals surface area contributed by atoms with Gasteiger partial charge in [0.25, 0.3) is 5.91 Å². The Hall–Kier alpha value is -3.25. The van der Waals surface area contributed by atoms with Gasteiger partial charge in [0.05, 0.1) is 40.6 Å². The number of nitrogens with zero attached hydrogens (tertiary/aromatic N) is 2. The van der Waals surface area contributed by atoms with Gasteiger partial charge >= 0.3 is 6.10 Å². The minimum atomic E-state index is -3.72. The van der Waals surface area contributed by atoms with E-state index in [1.54, 1.807) is 6.07 Å². The van der Waals surface area contributed by atoms with E-state index in [-0.39, 0.29) is 26.6 Å². The maximum absolute atomic E-state index is 14.6. The number of rotatable bonds is 6. The molecule has 0 aliphatic carbocycles. The number of anilines is 2. The highest BCUT2D eigenvalue weighted by molar-refractivity contribution is 6.35. The predicted octanol–water partition coefficient (Wildman–Crippen LogP) is 2.97. The highest BCUT2D eigenvalue weighted by atomic mass is 35.5. The van der Waals surface area contributed by atoms with Gasteiger partial charge in [-0.3, -0.25) is 9.59 Å². The van der Waals surface area contributed by atoms with Gasteiger partial charge in [-0.25, -0.2) is 9.29 Å². The first-order valence-electron chi connectivity index (χ1n) is 11.4. The lowest BCUT2D eigenvalue weighted by molar-refractivity contribution is -0.304. The standard InChI is InChI=1S/C26H22Cl2FN3O6/c27-17-6-4-15(23(30)33)8-16(17)14-5-7-20(21(9-14)31-10-25(11-31)12-38-13-25)32(26(35,36)37)24(34)22-18(28)2-1-3-19(22)29/h1-9,35-37H,10-13H2,(H2,30,33). The summed E-state index contributed by atoms with van der Waals surface area (Å²) >= 11 is 12.5. The van der Waals surface area contributed by atoms with E-state index < -0.39 is 29.3 Å². The third-order valence-electron chi connectivity index (χ3n) is 6.67. The molecule has 2 aliphatic heterocycles. The Balaban J connectivity index is 1.66. The zero-order valence-electron chi connectivity index (χ0n) is 19.7. The zero-order valence-corrected chi connectivity index (χ0v) is 21.2. The summed E-state index contributed by atoms with van der Waals surface area (Å²) in [4.78, 5) is 27.3. The molecule has 0 aromatic heterocycles. The van der Waals surface area contributed by atoms with Crippen molar-refractivity contribution in [2.45, 2.75) is 6.10 Å². The van der Waals surface area contributed by atoms with Crippen molar-refractivity contribution in [2.24, 2.45) is 11.1 Å². The second-order valence-corrected chi connectivity index (χ2v) is 10.3.